The largest absolute Gasteiger partial charge is 0.483 e. The van der Waals surface area contributed by atoms with Crippen molar-refractivity contribution in [3.05, 3.63) is 0 Å². The zero-order chi connectivity index (χ0) is 10.7. The van der Waals surface area contributed by atoms with E-state index in [4.69, 9.17) is 13.3 Å². The van der Waals surface area contributed by atoms with E-state index >= 15 is 0 Å². The summed E-state index contributed by atoms with van der Waals surface area (Å²) in [6.07, 6.45) is -0.407. The molecule has 0 radical (unpaired) electrons. The first-order valence-corrected chi connectivity index (χ1v) is 4.91. The van der Waals surface area contributed by atoms with Crippen molar-refractivity contribution in [2.45, 2.75) is 0 Å². The van der Waals surface area contributed by atoms with E-state index in [2.05, 4.69) is 10.1 Å². The summed E-state index contributed by atoms with van der Waals surface area (Å²) < 4.78 is 18.4. The predicted molar refractivity (Wildman–Crippen MR) is 49.6 cm³/mol. The van der Waals surface area contributed by atoms with Crippen molar-refractivity contribution in [1.82, 2.24) is 5.32 Å². The minimum Gasteiger partial charge on any atom is -0.453 e. The average molecular weight is 211 g/mol. The predicted octanol–water partition coefficient (Wildman–Crippen LogP) is -0.385. The second-order valence-corrected chi connectivity index (χ2v) is 3.73. The third-order valence-electron chi connectivity index (χ3n) is 0.967. The molecule has 0 spiro atoms. The standard InChI is InChI=1S/C3H7NO2.C3H10O3Si/c1-4-3(5)6-2;1-4-7(5-2)6-3/h1-2H3,(H,4,5);7H,1-3H3. The van der Waals surface area contributed by atoms with Gasteiger partial charge in [0, 0.05) is 28.4 Å². The highest BCUT2D eigenvalue weighted by molar-refractivity contribution is 6.36. The Kier molecular flexibility index (Phi) is 13.0. The molecule has 0 atom stereocenters. The Morgan fingerprint density at radius 1 is 1.08 bits per heavy atom. The maximum absolute atomic E-state index is 9.85. The van der Waals surface area contributed by atoms with E-state index in [-0.39, 0.29) is 0 Å². The summed E-state index contributed by atoms with van der Waals surface area (Å²) in [5.74, 6) is 0. The highest BCUT2D eigenvalue weighted by Crippen LogP contribution is 1.81. The Morgan fingerprint density at radius 3 is 1.46 bits per heavy atom. The number of ether oxygens (including phenoxy) is 1. The summed E-state index contributed by atoms with van der Waals surface area (Å²) in [7, 11) is 5.87. The number of nitrogens with one attached hydrogen (secondary N) is 1. The Bertz CT molecular complexity index is 108. The van der Waals surface area contributed by atoms with Gasteiger partial charge in [-0.05, 0) is 0 Å². The Hall–Kier alpha value is -0.633. The fraction of sp³-hybridized carbons (Fsp3) is 0.833. The molecule has 13 heavy (non-hydrogen) atoms. The highest BCUT2D eigenvalue weighted by atomic mass is 28.3. The van der Waals surface area contributed by atoms with Gasteiger partial charge in [-0.25, -0.2) is 4.79 Å². The van der Waals surface area contributed by atoms with Crippen LogP contribution in [0.3, 0.4) is 0 Å². The SMILES string of the molecule is CNC(=O)OC.CO[SiH](OC)OC. The van der Waals surface area contributed by atoms with Crippen molar-refractivity contribution >= 4 is 15.6 Å². The molecule has 6 nitrogen and oxygen atoms in total. The van der Waals surface area contributed by atoms with Crippen LogP contribution in [0.15, 0.2) is 0 Å². The number of methoxy groups -OCH3 is 1. The fourth-order valence-electron chi connectivity index (χ4n) is 0.391. The number of alkyl carbamates (subject to hydrolysis) is 1. The monoisotopic (exact) mass is 211 g/mol. The van der Waals surface area contributed by atoms with Gasteiger partial charge in [0.25, 0.3) is 0 Å². The first-order valence-electron chi connectivity index (χ1n) is 3.50. The lowest BCUT2D eigenvalue weighted by Gasteiger charge is -2.05. The number of hydrogen-bond acceptors (Lipinski definition) is 5. The molecule has 0 aliphatic rings. The summed E-state index contributed by atoms with van der Waals surface area (Å²) in [5, 5.41) is 2.25. The lowest BCUT2D eigenvalue weighted by molar-refractivity contribution is 0.163. The quantitative estimate of drug-likeness (QED) is 0.644. The molecule has 0 aliphatic carbocycles. The number of amides is 1. The molecule has 0 aromatic carbocycles. The molecule has 0 unspecified atom stereocenters. The van der Waals surface area contributed by atoms with Gasteiger partial charge >= 0.3 is 15.6 Å². The minimum atomic E-state index is -1.67. The Labute approximate surface area is 80.1 Å². The molecule has 0 aliphatic heterocycles. The second-order valence-electron chi connectivity index (χ2n) is 1.74. The van der Waals surface area contributed by atoms with Gasteiger partial charge in [-0.2, -0.15) is 0 Å². The lowest BCUT2D eigenvalue weighted by atomic mass is 11.1. The van der Waals surface area contributed by atoms with Gasteiger partial charge < -0.3 is 23.3 Å². The maximum atomic E-state index is 9.85. The van der Waals surface area contributed by atoms with Gasteiger partial charge in [0.2, 0.25) is 0 Å². The summed E-state index contributed by atoms with van der Waals surface area (Å²) in [6.45, 7) is 0. The first kappa shape index (κ1) is 14.9. The van der Waals surface area contributed by atoms with Gasteiger partial charge in [0.1, 0.15) is 0 Å². The van der Waals surface area contributed by atoms with Crippen LogP contribution in [-0.4, -0.2) is 51.1 Å². The van der Waals surface area contributed by atoms with Crippen molar-refractivity contribution in [3.63, 3.8) is 0 Å². The summed E-state index contributed by atoms with van der Waals surface area (Å²) >= 11 is 0. The number of carbonyl (C=O) groups is 1. The lowest BCUT2D eigenvalue weighted by Crippen LogP contribution is -2.21. The molecule has 0 saturated heterocycles. The molecule has 1 amide bonds. The maximum Gasteiger partial charge on any atom is 0.483 e. The third kappa shape index (κ3) is 11.4. The topological polar surface area (TPSA) is 66.0 Å². The molecule has 1 N–H and O–H groups in total. The first-order chi connectivity index (χ1) is 6.15. The van der Waals surface area contributed by atoms with Gasteiger partial charge in [-0.1, -0.05) is 0 Å². The van der Waals surface area contributed by atoms with E-state index in [0.29, 0.717) is 0 Å². The van der Waals surface area contributed by atoms with Crippen LogP contribution in [0.5, 0.6) is 0 Å². The zero-order valence-corrected chi connectivity index (χ0v) is 9.77. The van der Waals surface area contributed by atoms with Crippen molar-refractivity contribution in [3.8, 4) is 0 Å². The van der Waals surface area contributed by atoms with E-state index in [9.17, 15) is 4.79 Å². The third-order valence-corrected chi connectivity index (χ3v) is 2.12. The number of carbonyl (C=O) groups excluding carboxylic acids is 1. The van der Waals surface area contributed by atoms with Crippen LogP contribution in [-0.2, 0) is 18.0 Å². The van der Waals surface area contributed by atoms with Gasteiger partial charge in [0.05, 0.1) is 7.11 Å². The molecule has 0 saturated carbocycles. The van der Waals surface area contributed by atoms with E-state index in [1.54, 1.807) is 21.3 Å². The summed E-state index contributed by atoms with van der Waals surface area (Å²) in [5.41, 5.74) is 0. The zero-order valence-electron chi connectivity index (χ0n) is 8.62. The Morgan fingerprint density at radius 2 is 1.46 bits per heavy atom. The van der Waals surface area contributed by atoms with Gasteiger partial charge in [-0.3, -0.25) is 0 Å². The molecular weight excluding hydrogens is 194 g/mol. The highest BCUT2D eigenvalue weighted by Gasteiger charge is 2.04. The minimum absolute atomic E-state index is 0.407. The van der Waals surface area contributed by atoms with Crippen molar-refractivity contribution in [1.29, 1.82) is 0 Å². The second kappa shape index (κ2) is 11.4. The van der Waals surface area contributed by atoms with Crippen LogP contribution in [0.1, 0.15) is 0 Å². The van der Waals surface area contributed by atoms with E-state index in [1.165, 1.54) is 14.2 Å². The van der Waals surface area contributed by atoms with Crippen molar-refractivity contribution in [2.75, 3.05) is 35.5 Å². The van der Waals surface area contributed by atoms with Crippen LogP contribution in [0.4, 0.5) is 4.79 Å². The van der Waals surface area contributed by atoms with E-state index in [0.717, 1.165) is 0 Å². The van der Waals surface area contributed by atoms with E-state index in [1.807, 2.05) is 0 Å². The molecule has 0 bridgehead atoms. The summed E-state index contributed by atoms with van der Waals surface area (Å²) in [6, 6.07) is 0. The summed E-state index contributed by atoms with van der Waals surface area (Å²) in [4.78, 5) is 9.85. The number of hydrogen-bond donors (Lipinski definition) is 1. The average Bonchev–Trinajstić information content (AvgIpc) is 2.20. The molecule has 0 heterocycles. The normalized spacial score (nSPS) is 8.77. The van der Waals surface area contributed by atoms with Crippen LogP contribution < -0.4 is 5.32 Å². The molecule has 0 aromatic rings. The number of rotatable bonds is 3. The molecule has 0 fully saturated rings. The Balaban J connectivity index is 0. The van der Waals surface area contributed by atoms with E-state index < -0.39 is 15.6 Å². The smallest absolute Gasteiger partial charge is 0.453 e. The molecule has 80 valence electrons. The molecule has 0 rings (SSSR count). The van der Waals surface area contributed by atoms with Crippen LogP contribution in [0.25, 0.3) is 0 Å². The van der Waals surface area contributed by atoms with Crippen molar-refractivity contribution < 1.29 is 22.8 Å². The van der Waals surface area contributed by atoms with Crippen molar-refractivity contribution in [2.24, 2.45) is 0 Å². The molecule has 7 heteroatoms. The van der Waals surface area contributed by atoms with Crippen LogP contribution in [0.2, 0.25) is 0 Å². The molecular formula is C6H17NO5Si. The van der Waals surface area contributed by atoms with Gasteiger partial charge in [-0.15, -0.1) is 0 Å². The van der Waals surface area contributed by atoms with Crippen LogP contribution in [0, 0.1) is 0 Å². The fourth-order valence-corrected chi connectivity index (χ4v) is 0.968. The van der Waals surface area contributed by atoms with Gasteiger partial charge in [0.15, 0.2) is 0 Å². The molecule has 0 aromatic heterocycles. The van der Waals surface area contributed by atoms with Crippen LogP contribution >= 0.6 is 0 Å².